The first-order valence-electron chi connectivity index (χ1n) is 3.72. The Labute approximate surface area is 74.6 Å². The van der Waals surface area contributed by atoms with Gasteiger partial charge in [0.15, 0.2) is 0 Å². The van der Waals surface area contributed by atoms with Gasteiger partial charge < -0.3 is 15.5 Å². The van der Waals surface area contributed by atoms with Gasteiger partial charge in [0.25, 0.3) is 0 Å². The predicted molar refractivity (Wildman–Crippen MR) is 42.1 cm³/mol. The summed E-state index contributed by atoms with van der Waals surface area (Å²) in [7, 11) is 0. The molecule has 0 unspecified atom stereocenters. The summed E-state index contributed by atoms with van der Waals surface area (Å²) in [5, 5.41) is 18.5. The standard InChI is InChI=1S/C7H11NO5/c9-5(8-4-7(12)13)2-1-3-6(10)11/h1-4H2,(H,8,9)(H,10,11)(H,12,13). The smallest absolute Gasteiger partial charge is 0.322 e. The molecule has 0 aromatic carbocycles. The molecule has 0 heterocycles. The number of carbonyl (C=O) groups is 3. The number of carbonyl (C=O) groups excluding carboxylic acids is 1. The molecule has 0 aromatic heterocycles. The monoisotopic (exact) mass is 189 g/mol. The largest absolute Gasteiger partial charge is 0.481 e. The molecule has 0 bridgehead atoms. The Balaban J connectivity index is 3.41. The van der Waals surface area contributed by atoms with Gasteiger partial charge in [0.05, 0.1) is 0 Å². The zero-order valence-electron chi connectivity index (χ0n) is 6.95. The third-order valence-electron chi connectivity index (χ3n) is 1.23. The van der Waals surface area contributed by atoms with Gasteiger partial charge in [-0.15, -0.1) is 0 Å². The van der Waals surface area contributed by atoms with Crippen LogP contribution in [0.5, 0.6) is 0 Å². The Kier molecular flexibility index (Phi) is 5.25. The van der Waals surface area contributed by atoms with E-state index in [1.54, 1.807) is 0 Å². The molecule has 13 heavy (non-hydrogen) atoms. The first-order valence-corrected chi connectivity index (χ1v) is 3.72. The van der Waals surface area contributed by atoms with Gasteiger partial charge in [-0.05, 0) is 6.42 Å². The van der Waals surface area contributed by atoms with E-state index in [0.717, 1.165) is 0 Å². The van der Waals surface area contributed by atoms with Crippen molar-refractivity contribution in [2.45, 2.75) is 19.3 Å². The van der Waals surface area contributed by atoms with Gasteiger partial charge >= 0.3 is 11.9 Å². The average molecular weight is 189 g/mol. The molecule has 0 aromatic rings. The number of carboxylic acids is 2. The van der Waals surface area contributed by atoms with E-state index in [-0.39, 0.29) is 19.3 Å². The molecule has 0 atom stereocenters. The van der Waals surface area contributed by atoms with Crippen molar-refractivity contribution in [3.05, 3.63) is 0 Å². The fraction of sp³-hybridized carbons (Fsp3) is 0.571. The molecular formula is C7H11NO5. The summed E-state index contributed by atoms with van der Waals surface area (Å²) < 4.78 is 0. The van der Waals surface area contributed by atoms with Crippen molar-refractivity contribution in [3.63, 3.8) is 0 Å². The first kappa shape index (κ1) is 11.4. The number of carboxylic acid groups (broad SMARTS) is 2. The highest BCUT2D eigenvalue weighted by atomic mass is 16.4. The van der Waals surface area contributed by atoms with Crippen molar-refractivity contribution < 1.29 is 24.6 Å². The lowest BCUT2D eigenvalue weighted by Crippen LogP contribution is -2.29. The lowest BCUT2D eigenvalue weighted by atomic mass is 10.2. The van der Waals surface area contributed by atoms with E-state index in [9.17, 15) is 14.4 Å². The highest BCUT2D eigenvalue weighted by molar-refractivity contribution is 5.81. The number of rotatable bonds is 6. The topological polar surface area (TPSA) is 104 Å². The van der Waals surface area contributed by atoms with Crippen LogP contribution >= 0.6 is 0 Å². The predicted octanol–water partition coefficient (Wildman–Crippen LogP) is -0.558. The highest BCUT2D eigenvalue weighted by Gasteiger charge is 2.04. The second-order valence-corrected chi connectivity index (χ2v) is 2.42. The van der Waals surface area contributed by atoms with Gasteiger partial charge in [-0.1, -0.05) is 0 Å². The van der Waals surface area contributed by atoms with Crippen molar-refractivity contribution in [2.75, 3.05) is 6.54 Å². The fourth-order valence-electron chi connectivity index (χ4n) is 0.663. The Hall–Kier alpha value is -1.59. The summed E-state index contributed by atoms with van der Waals surface area (Å²) in [6, 6.07) is 0. The lowest BCUT2D eigenvalue weighted by Gasteiger charge is -1.99. The Morgan fingerprint density at radius 2 is 1.62 bits per heavy atom. The molecular weight excluding hydrogens is 178 g/mol. The minimum atomic E-state index is -1.12. The SMILES string of the molecule is O=C(O)CCCC(=O)NCC(=O)O. The average Bonchev–Trinajstić information content (AvgIpc) is 2.00. The molecule has 0 saturated carbocycles. The number of nitrogens with one attached hydrogen (secondary N) is 1. The van der Waals surface area contributed by atoms with E-state index in [1.165, 1.54) is 0 Å². The molecule has 0 saturated heterocycles. The zero-order valence-corrected chi connectivity index (χ0v) is 6.95. The molecule has 0 aliphatic rings. The normalized spacial score (nSPS) is 9.23. The van der Waals surface area contributed by atoms with Crippen LogP contribution in [-0.2, 0) is 14.4 Å². The van der Waals surface area contributed by atoms with Crippen LogP contribution in [0.25, 0.3) is 0 Å². The van der Waals surface area contributed by atoms with Crippen LogP contribution in [0.1, 0.15) is 19.3 Å². The van der Waals surface area contributed by atoms with Gasteiger partial charge in [0.1, 0.15) is 6.54 Å². The third-order valence-corrected chi connectivity index (χ3v) is 1.23. The molecule has 0 aliphatic carbocycles. The van der Waals surface area contributed by atoms with Crippen molar-refractivity contribution in [3.8, 4) is 0 Å². The second kappa shape index (κ2) is 5.99. The molecule has 0 fully saturated rings. The minimum absolute atomic E-state index is 0.0412. The molecule has 0 rings (SSSR count). The van der Waals surface area contributed by atoms with Gasteiger partial charge in [0.2, 0.25) is 5.91 Å². The van der Waals surface area contributed by atoms with Crippen LogP contribution in [0.2, 0.25) is 0 Å². The van der Waals surface area contributed by atoms with E-state index in [2.05, 4.69) is 5.32 Å². The fourth-order valence-corrected chi connectivity index (χ4v) is 0.663. The van der Waals surface area contributed by atoms with Gasteiger partial charge in [0, 0.05) is 12.8 Å². The summed E-state index contributed by atoms with van der Waals surface area (Å²) >= 11 is 0. The molecule has 3 N–H and O–H groups in total. The maximum atomic E-state index is 10.8. The summed E-state index contributed by atoms with van der Waals surface area (Å²) in [6.07, 6.45) is 0.181. The zero-order chi connectivity index (χ0) is 10.3. The van der Waals surface area contributed by atoms with Crippen LogP contribution in [0.15, 0.2) is 0 Å². The number of hydrogen-bond acceptors (Lipinski definition) is 3. The van der Waals surface area contributed by atoms with E-state index < -0.39 is 24.4 Å². The Morgan fingerprint density at radius 3 is 2.08 bits per heavy atom. The Bertz CT molecular complexity index is 213. The third kappa shape index (κ3) is 8.32. The van der Waals surface area contributed by atoms with Crippen LogP contribution < -0.4 is 5.32 Å². The van der Waals surface area contributed by atoms with Crippen molar-refractivity contribution in [1.29, 1.82) is 0 Å². The van der Waals surface area contributed by atoms with Gasteiger partial charge in [-0.2, -0.15) is 0 Å². The van der Waals surface area contributed by atoms with Crippen LogP contribution in [0, 0.1) is 0 Å². The highest BCUT2D eigenvalue weighted by Crippen LogP contribution is 1.94. The molecule has 0 radical (unpaired) electrons. The lowest BCUT2D eigenvalue weighted by molar-refractivity contribution is -0.139. The number of amides is 1. The molecule has 6 heteroatoms. The maximum Gasteiger partial charge on any atom is 0.322 e. The second-order valence-electron chi connectivity index (χ2n) is 2.42. The van der Waals surface area contributed by atoms with E-state index in [1.807, 2.05) is 0 Å². The van der Waals surface area contributed by atoms with Crippen molar-refractivity contribution in [2.24, 2.45) is 0 Å². The van der Waals surface area contributed by atoms with Crippen molar-refractivity contribution >= 4 is 17.8 Å². The molecule has 6 nitrogen and oxygen atoms in total. The van der Waals surface area contributed by atoms with E-state index >= 15 is 0 Å². The van der Waals surface area contributed by atoms with Crippen LogP contribution in [0.4, 0.5) is 0 Å². The van der Waals surface area contributed by atoms with E-state index in [4.69, 9.17) is 10.2 Å². The Morgan fingerprint density at radius 1 is 1.00 bits per heavy atom. The van der Waals surface area contributed by atoms with Crippen molar-refractivity contribution in [1.82, 2.24) is 5.32 Å². The minimum Gasteiger partial charge on any atom is -0.481 e. The summed E-state index contributed by atoms with van der Waals surface area (Å²) in [6.45, 7) is -0.425. The molecule has 1 amide bonds. The number of aliphatic carboxylic acids is 2. The summed E-state index contributed by atoms with van der Waals surface area (Å²) in [5.74, 6) is -2.53. The summed E-state index contributed by atoms with van der Waals surface area (Å²) in [4.78, 5) is 30.8. The van der Waals surface area contributed by atoms with E-state index in [0.29, 0.717) is 0 Å². The quantitative estimate of drug-likeness (QED) is 0.519. The molecule has 0 spiro atoms. The van der Waals surface area contributed by atoms with Gasteiger partial charge in [-0.3, -0.25) is 14.4 Å². The maximum absolute atomic E-state index is 10.8. The van der Waals surface area contributed by atoms with Crippen LogP contribution in [-0.4, -0.2) is 34.6 Å². The number of hydrogen-bond donors (Lipinski definition) is 3. The molecule has 0 aliphatic heterocycles. The molecule has 74 valence electrons. The van der Waals surface area contributed by atoms with Crippen LogP contribution in [0.3, 0.4) is 0 Å². The van der Waals surface area contributed by atoms with Gasteiger partial charge in [-0.25, -0.2) is 0 Å². The first-order chi connectivity index (χ1) is 6.02. The summed E-state index contributed by atoms with van der Waals surface area (Å²) in [5.41, 5.74) is 0.